The molecule has 0 N–H and O–H groups in total. The van der Waals surface area contributed by atoms with E-state index in [-0.39, 0.29) is 0 Å². The van der Waals surface area contributed by atoms with Crippen molar-refractivity contribution in [2.45, 2.75) is 26.4 Å². The van der Waals surface area contributed by atoms with Gasteiger partial charge >= 0.3 is 6.09 Å². The zero-order valence-electron chi connectivity index (χ0n) is 6.97. The van der Waals surface area contributed by atoms with Crippen molar-refractivity contribution in [2.75, 3.05) is 7.05 Å². The molecule has 0 spiro atoms. The fourth-order valence-corrected chi connectivity index (χ4v) is 0.340. The highest BCUT2D eigenvalue weighted by atomic mass is 16.6. The second kappa shape index (κ2) is 2.82. The smallest absolute Gasteiger partial charge is 0.406 e. The second-order valence-corrected chi connectivity index (χ2v) is 3.18. The van der Waals surface area contributed by atoms with Crippen LogP contribution in [0, 0.1) is 0 Å². The van der Waals surface area contributed by atoms with Gasteiger partial charge in [-0.3, -0.25) is 0 Å². The van der Waals surface area contributed by atoms with Crippen molar-refractivity contribution >= 4 is 12.8 Å². The number of ether oxygens (including phenoxy) is 1. The molecule has 0 atom stereocenters. The van der Waals surface area contributed by atoms with Crippen LogP contribution in [0.15, 0.2) is 0 Å². The van der Waals surface area contributed by atoms with Crippen molar-refractivity contribution < 1.29 is 14.1 Å². The number of carbonyl (C=O) groups excluding carboxylic acids is 1. The van der Waals surface area contributed by atoms with Gasteiger partial charge in [-0.1, -0.05) is 0 Å². The third-order valence-corrected chi connectivity index (χ3v) is 0.705. The molecule has 3 heteroatoms. The van der Waals surface area contributed by atoms with Gasteiger partial charge in [-0.15, -0.1) is 4.58 Å². The van der Waals surface area contributed by atoms with E-state index in [2.05, 4.69) is 6.72 Å². The Balaban J connectivity index is 3.93. The van der Waals surface area contributed by atoms with Crippen molar-refractivity contribution in [1.82, 2.24) is 0 Å². The lowest BCUT2D eigenvalue weighted by Gasteiger charge is -2.15. The van der Waals surface area contributed by atoms with Crippen molar-refractivity contribution in [3.05, 3.63) is 0 Å². The van der Waals surface area contributed by atoms with E-state index < -0.39 is 11.7 Å². The highest BCUT2D eigenvalue weighted by Gasteiger charge is 2.21. The summed E-state index contributed by atoms with van der Waals surface area (Å²) < 4.78 is 6.08. The van der Waals surface area contributed by atoms with E-state index in [0.717, 1.165) is 4.58 Å². The minimum absolute atomic E-state index is 0.410. The quantitative estimate of drug-likeness (QED) is 0.378. The summed E-state index contributed by atoms with van der Waals surface area (Å²) in [4.78, 5) is 10.8. The molecule has 0 aliphatic heterocycles. The Morgan fingerprint density at radius 3 is 2.00 bits per heavy atom. The molecule has 0 heterocycles. The molecule has 10 heavy (non-hydrogen) atoms. The molecule has 0 aromatic carbocycles. The highest BCUT2D eigenvalue weighted by molar-refractivity contribution is 5.60. The molecule has 0 unspecified atom stereocenters. The first-order valence-corrected chi connectivity index (χ1v) is 3.10. The second-order valence-electron chi connectivity index (χ2n) is 3.18. The summed E-state index contributed by atoms with van der Waals surface area (Å²) in [7, 11) is 1.55. The normalized spacial score (nSPS) is 10.8. The molecule has 0 radical (unpaired) electrons. The van der Waals surface area contributed by atoms with Crippen LogP contribution < -0.4 is 0 Å². The Bertz CT molecular complexity index is 155. The molecule has 0 saturated carbocycles. The molecular weight excluding hydrogens is 130 g/mol. The molecule has 0 saturated heterocycles. The van der Waals surface area contributed by atoms with Crippen LogP contribution in [0.4, 0.5) is 4.79 Å². The highest BCUT2D eigenvalue weighted by Crippen LogP contribution is 2.06. The lowest BCUT2D eigenvalue weighted by Crippen LogP contribution is -2.28. The number of rotatable bonds is 0. The molecule has 0 rings (SSSR count). The van der Waals surface area contributed by atoms with Crippen LogP contribution in [0.3, 0.4) is 0 Å². The third kappa shape index (κ3) is 4.06. The van der Waals surface area contributed by atoms with E-state index in [1.165, 1.54) is 0 Å². The van der Waals surface area contributed by atoms with Crippen LogP contribution >= 0.6 is 0 Å². The largest absolute Gasteiger partial charge is 0.596 e. The van der Waals surface area contributed by atoms with Crippen LogP contribution in [0.2, 0.25) is 0 Å². The molecular formula is C7H14NO2+. The molecule has 0 bridgehead atoms. The van der Waals surface area contributed by atoms with Crippen LogP contribution in [0.5, 0.6) is 0 Å². The van der Waals surface area contributed by atoms with Gasteiger partial charge in [0.25, 0.3) is 0 Å². The van der Waals surface area contributed by atoms with E-state index in [9.17, 15) is 4.79 Å². The maximum absolute atomic E-state index is 10.8. The van der Waals surface area contributed by atoms with Gasteiger partial charge in [-0.25, -0.2) is 0 Å². The van der Waals surface area contributed by atoms with Gasteiger partial charge in [0, 0.05) is 0 Å². The van der Waals surface area contributed by atoms with E-state index >= 15 is 0 Å². The summed E-state index contributed by atoms with van der Waals surface area (Å²) in [6, 6.07) is 0. The van der Waals surface area contributed by atoms with Crippen LogP contribution in [0.25, 0.3) is 0 Å². The Labute approximate surface area is 61.3 Å². The van der Waals surface area contributed by atoms with Gasteiger partial charge in [0.05, 0.1) is 0 Å². The first-order valence-electron chi connectivity index (χ1n) is 3.10. The van der Waals surface area contributed by atoms with Crippen LogP contribution in [-0.4, -0.2) is 30.0 Å². The van der Waals surface area contributed by atoms with Gasteiger partial charge in [-0.2, -0.15) is 4.79 Å². The van der Waals surface area contributed by atoms with Gasteiger partial charge < -0.3 is 4.74 Å². The van der Waals surface area contributed by atoms with E-state index in [1.807, 2.05) is 20.8 Å². The van der Waals surface area contributed by atoms with Gasteiger partial charge in [0.15, 0.2) is 0 Å². The molecule has 1 amide bonds. The minimum atomic E-state index is -0.428. The average molecular weight is 144 g/mol. The maximum Gasteiger partial charge on any atom is 0.596 e. The molecule has 0 aromatic rings. The lowest BCUT2D eigenvalue weighted by atomic mass is 10.2. The molecule has 3 nitrogen and oxygen atoms in total. The number of hydrogen-bond donors (Lipinski definition) is 0. The first-order chi connectivity index (χ1) is 4.33. The third-order valence-electron chi connectivity index (χ3n) is 0.705. The average Bonchev–Trinajstić information content (AvgIpc) is 1.60. The fraction of sp³-hybridized carbons (Fsp3) is 0.714. The van der Waals surface area contributed by atoms with Gasteiger partial charge in [0.1, 0.15) is 19.4 Å². The predicted molar refractivity (Wildman–Crippen MR) is 39.5 cm³/mol. The lowest BCUT2D eigenvalue weighted by molar-refractivity contribution is -0.409. The Morgan fingerprint density at radius 1 is 1.50 bits per heavy atom. The monoisotopic (exact) mass is 144 g/mol. The molecule has 0 fully saturated rings. The minimum Gasteiger partial charge on any atom is -0.406 e. The number of nitrogens with zero attached hydrogens (tertiary/aromatic N) is 1. The van der Waals surface area contributed by atoms with Crippen molar-refractivity contribution in [3.8, 4) is 0 Å². The summed E-state index contributed by atoms with van der Waals surface area (Å²) in [5, 5.41) is 0. The topological polar surface area (TPSA) is 29.3 Å². The molecule has 58 valence electrons. The predicted octanol–water partition coefficient (Wildman–Crippen LogP) is 1.26. The summed E-state index contributed by atoms with van der Waals surface area (Å²) in [5.41, 5.74) is -0.428. The number of amides is 1. The van der Waals surface area contributed by atoms with Gasteiger partial charge in [-0.05, 0) is 20.8 Å². The zero-order chi connectivity index (χ0) is 8.36. The number of carbonyl (C=O) groups is 1. The number of hydrogen-bond acceptors (Lipinski definition) is 2. The van der Waals surface area contributed by atoms with E-state index in [1.54, 1.807) is 7.05 Å². The SMILES string of the molecule is C=[N+](C)C(=O)OC(C)(C)C. The van der Waals surface area contributed by atoms with E-state index in [0.29, 0.717) is 0 Å². The maximum atomic E-state index is 10.8. The van der Waals surface area contributed by atoms with Crippen molar-refractivity contribution in [3.63, 3.8) is 0 Å². The first kappa shape index (κ1) is 9.14. The van der Waals surface area contributed by atoms with Crippen LogP contribution in [0.1, 0.15) is 20.8 Å². The molecule has 0 aliphatic rings. The van der Waals surface area contributed by atoms with E-state index in [4.69, 9.17) is 4.74 Å². The fourth-order valence-electron chi connectivity index (χ4n) is 0.340. The summed E-state index contributed by atoms with van der Waals surface area (Å²) in [6.07, 6.45) is -0.410. The summed E-state index contributed by atoms with van der Waals surface area (Å²) >= 11 is 0. The van der Waals surface area contributed by atoms with Gasteiger partial charge in [0.2, 0.25) is 0 Å². The Morgan fingerprint density at radius 2 is 1.90 bits per heavy atom. The van der Waals surface area contributed by atoms with Crippen LogP contribution in [-0.2, 0) is 4.74 Å². The Hall–Kier alpha value is -0.860. The summed E-state index contributed by atoms with van der Waals surface area (Å²) in [5.74, 6) is 0. The summed E-state index contributed by atoms with van der Waals surface area (Å²) in [6.45, 7) is 8.82. The molecule has 0 aliphatic carbocycles. The van der Waals surface area contributed by atoms with Crippen molar-refractivity contribution in [2.24, 2.45) is 0 Å². The molecule has 0 aromatic heterocycles. The standard InChI is InChI=1S/C7H14NO2/c1-7(2,3)10-6(9)8(4)5/h4H2,1-3,5H3/q+1. The zero-order valence-corrected chi connectivity index (χ0v) is 6.97. The van der Waals surface area contributed by atoms with Crippen molar-refractivity contribution in [1.29, 1.82) is 0 Å². The Kier molecular flexibility index (Phi) is 2.57.